The Balaban J connectivity index is 2.26. The highest BCUT2D eigenvalue weighted by molar-refractivity contribution is 8.07. The molecule has 1 N–H and O–H groups in total. The molecule has 23 heavy (non-hydrogen) atoms. The Labute approximate surface area is 143 Å². The minimum Gasteiger partial charge on any atom is -0.416 e. The van der Waals surface area contributed by atoms with Gasteiger partial charge in [-0.15, -0.1) is 0 Å². The van der Waals surface area contributed by atoms with Gasteiger partial charge in [0.15, 0.2) is 0 Å². The van der Waals surface area contributed by atoms with Gasteiger partial charge in [-0.2, -0.15) is 0 Å². The minimum absolute atomic E-state index is 0.268. The summed E-state index contributed by atoms with van der Waals surface area (Å²) in [6, 6.07) is 15.2. The minimum atomic E-state index is -3.44. The lowest BCUT2D eigenvalue weighted by molar-refractivity contribution is 0.373. The Bertz CT molecular complexity index is 655. The molecule has 0 saturated carbocycles. The van der Waals surface area contributed by atoms with Crippen LogP contribution in [0.4, 0.5) is 0 Å². The zero-order valence-corrected chi connectivity index (χ0v) is 15.6. The molecule has 0 bridgehead atoms. The highest BCUT2D eigenvalue weighted by Crippen LogP contribution is 2.47. The van der Waals surface area contributed by atoms with Crippen LogP contribution >= 0.6 is 6.72 Å². The summed E-state index contributed by atoms with van der Waals surface area (Å²) in [7, 11) is 0. The van der Waals surface area contributed by atoms with Crippen LogP contribution in [0.5, 0.6) is 11.5 Å². The Morgan fingerprint density at radius 1 is 0.783 bits per heavy atom. The van der Waals surface area contributed by atoms with Gasteiger partial charge in [0.05, 0.1) is 0 Å². The lowest BCUT2D eigenvalue weighted by atomic mass is 10.0. The molecule has 2 rings (SSSR count). The summed E-state index contributed by atoms with van der Waals surface area (Å²) < 4.78 is 11.4. The van der Waals surface area contributed by atoms with Crippen LogP contribution in [0.3, 0.4) is 0 Å². The third kappa shape index (κ3) is 4.81. The first-order valence-corrected chi connectivity index (χ1v) is 10.3. The lowest BCUT2D eigenvalue weighted by Gasteiger charge is -2.22. The topological polar surface area (TPSA) is 38.7 Å². The van der Waals surface area contributed by atoms with Gasteiger partial charge in [0.1, 0.15) is 11.5 Å². The van der Waals surface area contributed by atoms with Crippen molar-refractivity contribution in [3.05, 3.63) is 59.7 Å². The first kappa shape index (κ1) is 18.0. The number of hydrogen-bond acceptors (Lipinski definition) is 3. The van der Waals surface area contributed by atoms with Crippen molar-refractivity contribution in [1.29, 1.82) is 0 Å². The molecule has 0 saturated heterocycles. The zero-order chi connectivity index (χ0) is 17.0. The fourth-order valence-electron chi connectivity index (χ4n) is 2.35. The SMILES string of the molecule is CC(C)c1ccccc1OP(O)(=S)Oc1ccccc1C(C)C. The van der Waals surface area contributed by atoms with E-state index < -0.39 is 6.72 Å². The Morgan fingerprint density at radius 2 is 1.13 bits per heavy atom. The molecule has 0 aliphatic heterocycles. The largest absolute Gasteiger partial charge is 0.432 e. The second kappa shape index (κ2) is 7.48. The first-order valence-electron chi connectivity index (χ1n) is 7.70. The van der Waals surface area contributed by atoms with Crippen molar-refractivity contribution in [3.63, 3.8) is 0 Å². The highest BCUT2D eigenvalue weighted by atomic mass is 32.5. The third-order valence-electron chi connectivity index (χ3n) is 3.51. The summed E-state index contributed by atoms with van der Waals surface area (Å²) in [5.74, 6) is 1.69. The van der Waals surface area contributed by atoms with Crippen LogP contribution in [-0.2, 0) is 11.8 Å². The van der Waals surface area contributed by atoms with E-state index in [1.54, 1.807) is 0 Å². The van der Waals surface area contributed by atoms with Gasteiger partial charge in [0, 0.05) is 11.8 Å². The van der Waals surface area contributed by atoms with Crippen molar-refractivity contribution in [2.45, 2.75) is 39.5 Å². The van der Waals surface area contributed by atoms with Gasteiger partial charge in [-0.1, -0.05) is 64.1 Å². The van der Waals surface area contributed by atoms with E-state index in [9.17, 15) is 4.89 Å². The maximum Gasteiger partial charge on any atom is 0.432 e. The maximum absolute atomic E-state index is 10.5. The second-order valence-electron chi connectivity index (χ2n) is 6.04. The summed E-state index contributed by atoms with van der Waals surface area (Å²) in [6.07, 6.45) is 0. The lowest BCUT2D eigenvalue weighted by Crippen LogP contribution is -2.04. The molecule has 0 spiro atoms. The van der Waals surface area contributed by atoms with Gasteiger partial charge in [-0.25, -0.2) is 0 Å². The first-order chi connectivity index (χ1) is 10.8. The van der Waals surface area contributed by atoms with Crippen LogP contribution in [0.25, 0.3) is 0 Å². The van der Waals surface area contributed by atoms with Crippen molar-refractivity contribution in [1.82, 2.24) is 0 Å². The molecule has 3 nitrogen and oxygen atoms in total. The normalized spacial score (nSPS) is 11.8. The monoisotopic (exact) mass is 350 g/mol. The van der Waals surface area contributed by atoms with Crippen LogP contribution in [-0.4, -0.2) is 4.89 Å². The van der Waals surface area contributed by atoms with Gasteiger partial charge >= 0.3 is 6.72 Å². The Hall–Kier alpha value is -1.35. The van der Waals surface area contributed by atoms with Gasteiger partial charge in [-0.05, 0) is 35.1 Å². The number of hydrogen-bond donors (Lipinski definition) is 1. The molecule has 2 aromatic carbocycles. The van der Waals surface area contributed by atoms with Crippen molar-refractivity contribution in [3.8, 4) is 11.5 Å². The van der Waals surface area contributed by atoms with E-state index in [-0.39, 0.29) is 11.8 Å². The van der Waals surface area contributed by atoms with Crippen LogP contribution < -0.4 is 9.05 Å². The van der Waals surface area contributed by atoms with Crippen molar-refractivity contribution in [2.75, 3.05) is 0 Å². The average Bonchev–Trinajstić information content (AvgIpc) is 2.47. The van der Waals surface area contributed by atoms with Gasteiger partial charge in [-0.3, -0.25) is 0 Å². The van der Waals surface area contributed by atoms with Gasteiger partial charge < -0.3 is 13.9 Å². The van der Waals surface area contributed by atoms with E-state index in [0.29, 0.717) is 11.5 Å². The molecule has 0 fully saturated rings. The highest BCUT2D eigenvalue weighted by Gasteiger charge is 2.23. The van der Waals surface area contributed by atoms with Crippen LogP contribution in [0.1, 0.15) is 50.7 Å². The molecule has 0 heterocycles. The van der Waals surface area contributed by atoms with Crippen molar-refractivity contribution in [2.24, 2.45) is 0 Å². The van der Waals surface area contributed by atoms with Crippen molar-refractivity contribution < 1.29 is 13.9 Å². The second-order valence-corrected chi connectivity index (χ2v) is 8.72. The van der Waals surface area contributed by atoms with Crippen LogP contribution in [0.2, 0.25) is 0 Å². The molecule has 0 aliphatic carbocycles. The summed E-state index contributed by atoms with van der Waals surface area (Å²) in [6.45, 7) is 4.83. The predicted octanol–water partition coefficient (Wildman–Crippen LogP) is 5.61. The number of para-hydroxylation sites is 2. The maximum atomic E-state index is 10.5. The van der Waals surface area contributed by atoms with Crippen LogP contribution in [0, 0.1) is 0 Å². The van der Waals surface area contributed by atoms with Crippen LogP contribution in [0.15, 0.2) is 48.5 Å². The van der Waals surface area contributed by atoms with E-state index in [1.807, 2.05) is 48.5 Å². The van der Waals surface area contributed by atoms with E-state index in [1.165, 1.54) is 0 Å². The van der Waals surface area contributed by atoms with Gasteiger partial charge in [0.2, 0.25) is 0 Å². The van der Waals surface area contributed by atoms with E-state index in [2.05, 4.69) is 27.7 Å². The molecule has 0 amide bonds. The fourth-order valence-corrected chi connectivity index (χ4v) is 3.70. The molecule has 5 heteroatoms. The molecule has 0 atom stereocenters. The standard InChI is InChI=1S/C18H23O3PS/c1-13(2)15-9-5-7-11-17(15)20-22(19,23)21-18-12-8-6-10-16(18)14(3)4/h5-14H,1-4H3,(H,19,23). The molecule has 0 aromatic heterocycles. The molecule has 0 aliphatic rings. The van der Waals surface area contributed by atoms with Gasteiger partial charge in [0.25, 0.3) is 0 Å². The Kier molecular flexibility index (Phi) is 5.85. The summed E-state index contributed by atoms with van der Waals surface area (Å²) in [5.41, 5.74) is 1.99. The molecule has 0 unspecified atom stereocenters. The number of benzene rings is 2. The molecular formula is C18H23O3PS. The molecular weight excluding hydrogens is 327 g/mol. The summed E-state index contributed by atoms with van der Waals surface area (Å²) in [5, 5.41) is 0. The van der Waals surface area contributed by atoms with E-state index in [4.69, 9.17) is 20.9 Å². The average molecular weight is 350 g/mol. The number of rotatable bonds is 6. The summed E-state index contributed by atoms with van der Waals surface area (Å²) >= 11 is 5.22. The van der Waals surface area contributed by atoms with E-state index >= 15 is 0 Å². The molecule has 124 valence electrons. The fraction of sp³-hybridized carbons (Fsp3) is 0.333. The van der Waals surface area contributed by atoms with E-state index in [0.717, 1.165) is 11.1 Å². The smallest absolute Gasteiger partial charge is 0.416 e. The Morgan fingerprint density at radius 3 is 1.48 bits per heavy atom. The molecule has 0 radical (unpaired) electrons. The predicted molar refractivity (Wildman–Crippen MR) is 98.8 cm³/mol. The summed E-state index contributed by atoms with van der Waals surface area (Å²) in [4.78, 5) is 10.5. The quantitative estimate of drug-likeness (QED) is 0.688. The third-order valence-corrected chi connectivity index (χ3v) is 4.81. The van der Waals surface area contributed by atoms with Crippen molar-refractivity contribution >= 4 is 18.5 Å². The zero-order valence-electron chi connectivity index (χ0n) is 13.9. The molecule has 2 aromatic rings.